The molecule has 3 aromatic rings. The average molecular weight is 318 g/mol. The van der Waals surface area contributed by atoms with Gasteiger partial charge in [-0.2, -0.15) is 0 Å². The van der Waals surface area contributed by atoms with Crippen molar-refractivity contribution in [3.8, 4) is 0 Å². The van der Waals surface area contributed by atoms with Gasteiger partial charge in [0, 0.05) is 19.7 Å². The number of thiazole rings is 1. The number of aromatic nitrogens is 3. The van der Waals surface area contributed by atoms with Gasteiger partial charge in [-0.1, -0.05) is 17.8 Å². The fourth-order valence-corrected chi connectivity index (χ4v) is 3.59. The number of nitrogens with zero attached hydrogens (tertiary/aromatic N) is 3. The molecular weight excluding hydrogens is 304 g/mol. The molecule has 0 spiro atoms. The van der Waals surface area contributed by atoms with E-state index in [1.54, 1.807) is 29.4 Å². The van der Waals surface area contributed by atoms with Gasteiger partial charge in [-0.15, -0.1) is 11.3 Å². The Morgan fingerprint density at radius 2 is 2.33 bits per heavy atom. The fourth-order valence-electron chi connectivity index (χ4n) is 2.04. The molecule has 0 radical (unpaired) electrons. The third-order valence-electron chi connectivity index (χ3n) is 2.91. The molecule has 3 rings (SSSR count). The normalized spacial score (nSPS) is 11.0. The van der Waals surface area contributed by atoms with Gasteiger partial charge in [0.2, 0.25) is 5.91 Å². The Bertz CT molecular complexity index is 793. The zero-order valence-corrected chi connectivity index (χ0v) is 13.3. The molecule has 0 saturated heterocycles. The molecule has 0 atom stereocenters. The van der Waals surface area contributed by atoms with Gasteiger partial charge in [-0.05, 0) is 24.0 Å². The van der Waals surface area contributed by atoms with E-state index in [-0.39, 0.29) is 5.91 Å². The van der Waals surface area contributed by atoms with Gasteiger partial charge in [-0.3, -0.25) is 4.79 Å². The highest BCUT2D eigenvalue weighted by Gasteiger charge is 2.05. The summed E-state index contributed by atoms with van der Waals surface area (Å²) in [5, 5.41) is 2.67. The SMILES string of the molecule is CSc1nc2ccc(Cn3cnc(NC(C)=O)c3)cc2s1. The predicted molar refractivity (Wildman–Crippen MR) is 87.0 cm³/mol. The summed E-state index contributed by atoms with van der Waals surface area (Å²) in [6.07, 6.45) is 5.58. The lowest BCUT2D eigenvalue weighted by molar-refractivity contribution is -0.114. The lowest BCUT2D eigenvalue weighted by Crippen LogP contribution is -2.05. The minimum atomic E-state index is -0.115. The second kappa shape index (κ2) is 5.87. The van der Waals surface area contributed by atoms with Gasteiger partial charge in [0.05, 0.1) is 16.5 Å². The summed E-state index contributed by atoms with van der Waals surface area (Å²) in [6.45, 7) is 2.19. The van der Waals surface area contributed by atoms with E-state index < -0.39 is 0 Å². The van der Waals surface area contributed by atoms with Gasteiger partial charge < -0.3 is 9.88 Å². The topological polar surface area (TPSA) is 59.8 Å². The van der Waals surface area contributed by atoms with Crippen LogP contribution in [0.25, 0.3) is 10.2 Å². The van der Waals surface area contributed by atoms with E-state index in [1.807, 2.05) is 23.1 Å². The maximum absolute atomic E-state index is 11.0. The highest BCUT2D eigenvalue weighted by atomic mass is 32.2. The zero-order chi connectivity index (χ0) is 14.8. The summed E-state index contributed by atoms with van der Waals surface area (Å²) in [6, 6.07) is 6.28. The Morgan fingerprint density at radius 3 is 3.10 bits per heavy atom. The summed E-state index contributed by atoms with van der Waals surface area (Å²) < 4.78 is 4.22. The molecule has 108 valence electrons. The lowest BCUT2D eigenvalue weighted by atomic mass is 10.2. The molecule has 1 aromatic carbocycles. The number of nitrogens with one attached hydrogen (secondary N) is 1. The van der Waals surface area contributed by atoms with Crippen LogP contribution in [0, 0.1) is 0 Å². The van der Waals surface area contributed by atoms with Crippen molar-refractivity contribution in [1.82, 2.24) is 14.5 Å². The number of hydrogen-bond acceptors (Lipinski definition) is 5. The number of anilines is 1. The van der Waals surface area contributed by atoms with Crippen molar-refractivity contribution in [3.63, 3.8) is 0 Å². The first-order valence-electron chi connectivity index (χ1n) is 6.37. The van der Waals surface area contributed by atoms with Crippen molar-refractivity contribution in [1.29, 1.82) is 0 Å². The van der Waals surface area contributed by atoms with E-state index in [2.05, 4.69) is 27.4 Å². The Kier molecular flexibility index (Phi) is 3.94. The van der Waals surface area contributed by atoms with Crippen LogP contribution in [0.15, 0.2) is 35.1 Å². The number of fused-ring (bicyclic) bond motifs is 1. The van der Waals surface area contributed by atoms with Gasteiger partial charge in [-0.25, -0.2) is 9.97 Å². The Morgan fingerprint density at radius 1 is 1.48 bits per heavy atom. The molecule has 2 heterocycles. The summed E-state index contributed by atoms with van der Waals surface area (Å²) >= 11 is 3.37. The van der Waals surface area contributed by atoms with E-state index >= 15 is 0 Å². The third kappa shape index (κ3) is 3.25. The van der Waals surface area contributed by atoms with Crippen LogP contribution >= 0.6 is 23.1 Å². The average Bonchev–Trinajstić information content (AvgIpc) is 3.04. The van der Waals surface area contributed by atoms with Crippen molar-refractivity contribution in [2.24, 2.45) is 0 Å². The zero-order valence-electron chi connectivity index (χ0n) is 11.7. The predicted octanol–water partition coefficient (Wildman–Crippen LogP) is 3.22. The summed E-state index contributed by atoms with van der Waals surface area (Å²) in [7, 11) is 0. The minimum Gasteiger partial charge on any atom is -0.331 e. The van der Waals surface area contributed by atoms with Crippen molar-refractivity contribution in [2.75, 3.05) is 11.6 Å². The molecule has 0 aliphatic rings. The Hall–Kier alpha value is -1.86. The van der Waals surface area contributed by atoms with Crippen LogP contribution in [0.5, 0.6) is 0 Å². The number of benzene rings is 1. The number of thioether (sulfide) groups is 1. The molecule has 0 fully saturated rings. The first-order valence-corrected chi connectivity index (χ1v) is 8.41. The molecule has 0 aliphatic carbocycles. The van der Waals surface area contributed by atoms with Crippen LogP contribution < -0.4 is 5.32 Å². The highest BCUT2D eigenvalue weighted by Crippen LogP contribution is 2.28. The van der Waals surface area contributed by atoms with Gasteiger partial charge in [0.15, 0.2) is 10.2 Å². The monoisotopic (exact) mass is 318 g/mol. The van der Waals surface area contributed by atoms with E-state index in [9.17, 15) is 4.79 Å². The van der Waals surface area contributed by atoms with Crippen LogP contribution in [-0.4, -0.2) is 26.7 Å². The molecule has 5 nitrogen and oxygen atoms in total. The third-order valence-corrected chi connectivity index (χ3v) is 4.91. The highest BCUT2D eigenvalue weighted by molar-refractivity contribution is 8.00. The van der Waals surface area contributed by atoms with Crippen LogP contribution in [0.4, 0.5) is 5.82 Å². The number of hydrogen-bond donors (Lipinski definition) is 1. The van der Waals surface area contributed by atoms with E-state index in [4.69, 9.17) is 0 Å². The van der Waals surface area contributed by atoms with Gasteiger partial charge >= 0.3 is 0 Å². The number of carbonyl (C=O) groups is 1. The van der Waals surface area contributed by atoms with Crippen LogP contribution in [-0.2, 0) is 11.3 Å². The van der Waals surface area contributed by atoms with Crippen LogP contribution in [0.1, 0.15) is 12.5 Å². The molecule has 0 aliphatic heterocycles. The van der Waals surface area contributed by atoms with Gasteiger partial charge in [0.1, 0.15) is 0 Å². The number of imidazole rings is 1. The molecule has 1 N–H and O–H groups in total. The lowest BCUT2D eigenvalue weighted by Gasteiger charge is -2.02. The number of amides is 1. The van der Waals surface area contributed by atoms with E-state index in [1.165, 1.54) is 17.2 Å². The molecule has 0 unspecified atom stereocenters. The molecule has 2 aromatic heterocycles. The van der Waals surface area contributed by atoms with Crippen molar-refractivity contribution in [2.45, 2.75) is 17.8 Å². The van der Waals surface area contributed by atoms with Crippen LogP contribution in [0.3, 0.4) is 0 Å². The molecule has 0 bridgehead atoms. The standard InChI is InChI=1S/C14H14N4OS2/c1-9(19)16-13-7-18(8-15-13)6-10-3-4-11-12(5-10)21-14(17-11)20-2/h3-5,7-8H,6H2,1-2H3,(H,16,19). The molecule has 21 heavy (non-hydrogen) atoms. The smallest absolute Gasteiger partial charge is 0.222 e. The molecule has 7 heteroatoms. The maximum Gasteiger partial charge on any atom is 0.222 e. The molecule has 0 saturated carbocycles. The van der Waals surface area contributed by atoms with Crippen LogP contribution in [0.2, 0.25) is 0 Å². The number of carbonyl (C=O) groups excluding carboxylic acids is 1. The van der Waals surface area contributed by atoms with E-state index in [0.29, 0.717) is 5.82 Å². The Balaban J connectivity index is 1.80. The largest absolute Gasteiger partial charge is 0.331 e. The second-order valence-corrected chi connectivity index (χ2v) is 6.68. The van der Waals surface area contributed by atoms with Crippen molar-refractivity contribution < 1.29 is 4.79 Å². The van der Waals surface area contributed by atoms with Crippen molar-refractivity contribution in [3.05, 3.63) is 36.3 Å². The fraction of sp³-hybridized carbons (Fsp3) is 0.214. The molecular formula is C14H14N4OS2. The minimum absolute atomic E-state index is 0.115. The van der Waals surface area contributed by atoms with Crippen molar-refractivity contribution >= 4 is 45.0 Å². The second-order valence-electron chi connectivity index (χ2n) is 4.60. The Labute approximate surface area is 130 Å². The van der Waals surface area contributed by atoms with Gasteiger partial charge in [0.25, 0.3) is 0 Å². The quantitative estimate of drug-likeness (QED) is 0.750. The number of rotatable bonds is 4. The first-order chi connectivity index (χ1) is 10.1. The summed E-state index contributed by atoms with van der Waals surface area (Å²) in [5.41, 5.74) is 2.23. The first kappa shape index (κ1) is 14.1. The summed E-state index contributed by atoms with van der Waals surface area (Å²) in [5.74, 6) is 0.460. The summed E-state index contributed by atoms with van der Waals surface area (Å²) in [4.78, 5) is 19.7. The maximum atomic E-state index is 11.0. The van der Waals surface area contributed by atoms with E-state index in [0.717, 1.165) is 16.4 Å². The molecule has 1 amide bonds.